The average molecular weight is 207 g/mol. The first kappa shape index (κ1) is 12.9. The summed E-state index contributed by atoms with van der Waals surface area (Å²) < 4.78 is 25.3. The molecule has 1 unspecified atom stereocenters. The summed E-state index contributed by atoms with van der Waals surface area (Å²) in [4.78, 5) is 0. The smallest absolute Gasteiger partial charge is 0.211 e. The van der Waals surface area contributed by atoms with Gasteiger partial charge >= 0.3 is 0 Å². The lowest BCUT2D eigenvalue weighted by Gasteiger charge is -2.15. The normalized spacial score (nSPS) is 14.8. The fourth-order valence-electron chi connectivity index (χ4n) is 1.39. The van der Waals surface area contributed by atoms with Gasteiger partial charge in [-0.15, -0.1) is 0 Å². The van der Waals surface area contributed by atoms with Gasteiger partial charge in [0, 0.05) is 6.04 Å². The van der Waals surface area contributed by atoms with Crippen LogP contribution in [0.25, 0.3) is 0 Å². The second kappa shape index (κ2) is 5.60. The Morgan fingerprint density at radius 1 is 1.23 bits per heavy atom. The average Bonchev–Trinajstić information content (AvgIpc) is 1.81. The van der Waals surface area contributed by atoms with Crippen LogP contribution in [0.15, 0.2) is 0 Å². The SMILES string of the molecule is CCCS(=O)(=O)NC(C)CC(C)C. The number of hydrogen-bond donors (Lipinski definition) is 1. The predicted octanol–water partition coefficient (Wildman–Crippen LogP) is 1.75. The van der Waals surface area contributed by atoms with Crippen LogP contribution in [0.4, 0.5) is 0 Å². The van der Waals surface area contributed by atoms with Crippen LogP contribution in [0.2, 0.25) is 0 Å². The molecule has 0 saturated heterocycles. The maximum Gasteiger partial charge on any atom is 0.211 e. The second-order valence-electron chi connectivity index (χ2n) is 3.97. The Hall–Kier alpha value is -0.0900. The molecule has 0 aliphatic rings. The highest BCUT2D eigenvalue weighted by Crippen LogP contribution is 2.05. The first-order chi connectivity index (χ1) is 5.87. The van der Waals surface area contributed by atoms with E-state index in [-0.39, 0.29) is 11.8 Å². The van der Waals surface area contributed by atoms with Crippen molar-refractivity contribution in [2.75, 3.05) is 5.75 Å². The van der Waals surface area contributed by atoms with E-state index in [0.29, 0.717) is 12.3 Å². The van der Waals surface area contributed by atoms with E-state index < -0.39 is 10.0 Å². The van der Waals surface area contributed by atoms with Crippen molar-refractivity contribution in [3.63, 3.8) is 0 Å². The van der Waals surface area contributed by atoms with E-state index in [9.17, 15) is 8.42 Å². The summed E-state index contributed by atoms with van der Waals surface area (Å²) in [6.07, 6.45) is 1.56. The van der Waals surface area contributed by atoms with Gasteiger partial charge in [-0.05, 0) is 25.7 Å². The van der Waals surface area contributed by atoms with Crippen LogP contribution in [0, 0.1) is 5.92 Å². The lowest BCUT2D eigenvalue weighted by molar-refractivity contribution is 0.482. The summed E-state index contributed by atoms with van der Waals surface area (Å²) >= 11 is 0. The fraction of sp³-hybridized carbons (Fsp3) is 1.00. The third-order valence-electron chi connectivity index (χ3n) is 1.68. The number of rotatable bonds is 6. The molecule has 4 heteroatoms. The highest BCUT2D eigenvalue weighted by molar-refractivity contribution is 7.89. The van der Waals surface area contributed by atoms with E-state index >= 15 is 0 Å². The van der Waals surface area contributed by atoms with Crippen molar-refractivity contribution in [2.45, 2.75) is 46.6 Å². The van der Waals surface area contributed by atoms with Crippen LogP contribution >= 0.6 is 0 Å². The Labute approximate surface area is 82.0 Å². The van der Waals surface area contributed by atoms with Crippen LogP contribution in [-0.2, 0) is 10.0 Å². The molecule has 0 amide bonds. The van der Waals surface area contributed by atoms with E-state index in [1.54, 1.807) is 0 Å². The van der Waals surface area contributed by atoms with Gasteiger partial charge in [-0.3, -0.25) is 0 Å². The zero-order valence-electron chi connectivity index (χ0n) is 9.00. The van der Waals surface area contributed by atoms with Gasteiger partial charge in [-0.1, -0.05) is 20.8 Å². The number of hydrogen-bond acceptors (Lipinski definition) is 2. The fourth-order valence-corrected chi connectivity index (χ4v) is 2.75. The first-order valence-corrected chi connectivity index (χ1v) is 6.52. The maximum absolute atomic E-state index is 11.3. The van der Waals surface area contributed by atoms with Crippen molar-refractivity contribution >= 4 is 10.0 Å². The molecule has 0 rings (SSSR count). The molecule has 0 aliphatic carbocycles. The van der Waals surface area contributed by atoms with Crippen LogP contribution in [0.5, 0.6) is 0 Å². The quantitative estimate of drug-likeness (QED) is 0.721. The summed E-state index contributed by atoms with van der Waals surface area (Å²) in [6, 6.07) is 0.0524. The molecule has 0 aromatic rings. The Balaban J connectivity index is 3.97. The Morgan fingerprint density at radius 3 is 2.15 bits per heavy atom. The van der Waals surface area contributed by atoms with Crippen molar-refractivity contribution in [3.05, 3.63) is 0 Å². The monoisotopic (exact) mass is 207 g/mol. The molecular formula is C9H21NO2S. The van der Waals surface area contributed by atoms with Crippen molar-refractivity contribution in [2.24, 2.45) is 5.92 Å². The molecule has 0 fully saturated rings. The largest absolute Gasteiger partial charge is 0.212 e. The molecule has 80 valence electrons. The Kier molecular flexibility index (Phi) is 5.56. The topological polar surface area (TPSA) is 46.2 Å². The molecule has 3 nitrogen and oxygen atoms in total. The molecule has 0 aliphatic heterocycles. The third kappa shape index (κ3) is 7.02. The molecule has 0 spiro atoms. The predicted molar refractivity (Wildman–Crippen MR) is 56.1 cm³/mol. The highest BCUT2D eigenvalue weighted by Gasteiger charge is 2.13. The van der Waals surface area contributed by atoms with Crippen LogP contribution < -0.4 is 4.72 Å². The Morgan fingerprint density at radius 2 is 1.77 bits per heavy atom. The number of nitrogens with one attached hydrogen (secondary N) is 1. The van der Waals surface area contributed by atoms with Gasteiger partial charge in [-0.25, -0.2) is 13.1 Å². The highest BCUT2D eigenvalue weighted by atomic mass is 32.2. The van der Waals surface area contributed by atoms with Crippen molar-refractivity contribution in [1.82, 2.24) is 4.72 Å². The minimum absolute atomic E-state index is 0.0524. The van der Waals surface area contributed by atoms with Crippen molar-refractivity contribution in [1.29, 1.82) is 0 Å². The maximum atomic E-state index is 11.3. The van der Waals surface area contributed by atoms with Gasteiger partial charge in [0.2, 0.25) is 10.0 Å². The van der Waals surface area contributed by atoms with E-state index in [1.807, 2.05) is 13.8 Å². The van der Waals surface area contributed by atoms with Gasteiger partial charge in [0.25, 0.3) is 0 Å². The van der Waals surface area contributed by atoms with Gasteiger partial charge < -0.3 is 0 Å². The standard InChI is InChI=1S/C9H21NO2S/c1-5-6-13(11,12)10-9(4)7-8(2)3/h8-10H,5-7H2,1-4H3. The van der Waals surface area contributed by atoms with Gasteiger partial charge in [-0.2, -0.15) is 0 Å². The zero-order valence-corrected chi connectivity index (χ0v) is 9.82. The second-order valence-corrected chi connectivity index (χ2v) is 5.84. The summed E-state index contributed by atoms with van der Waals surface area (Å²) in [5.74, 6) is 0.759. The molecule has 1 atom stereocenters. The molecule has 0 aromatic heterocycles. The molecule has 1 N–H and O–H groups in total. The van der Waals surface area contributed by atoms with Crippen molar-refractivity contribution < 1.29 is 8.42 Å². The van der Waals surface area contributed by atoms with Crippen LogP contribution in [-0.4, -0.2) is 20.2 Å². The van der Waals surface area contributed by atoms with E-state index in [0.717, 1.165) is 6.42 Å². The summed E-state index contributed by atoms with van der Waals surface area (Å²) in [5, 5.41) is 0. The van der Waals surface area contributed by atoms with Gasteiger partial charge in [0.1, 0.15) is 0 Å². The molecule has 0 heterocycles. The summed E-state index contributed by atoms with van der Waals surface area (Å²) in [7, 11) is -3.03. The lowest BCUT2D eigenvalue weighted by Crippen LogP contribution is -2.35. The van der Waals surface area contributed by atoms with E-state index in [1.165, 1.54) is 0 Å². The van der Waals surface area contributed by atoms with Crippen molar-refractivity contribution in [3.8, 4) is 0 Å². The molecule has 0 saturated carbocycles. The molecular weight excluding hydrogens is 186 g/mol. The van der Waals surface area contributed by atoms with Gasteiger partial charge in [0.05, 0.1) is 5.75 Å². The molecule has 0 aromatic carbocycles. The molecule has 13 heavy (non-hydrogen) atoms. The minimum atomic E-state index is -3.03. The van der Waals surface area contributed by atoms with E-state index in [4.69, 9.17) is 0 Å². The molecule has 0 radical (unpaired) electrons. The molecule has 0 bridgehead atoms. The van der Waals surface area contributed by atoms with Crippen LogP contribution in [0.3, 0.4) is 0 Å². The summed E-state index contributed by atoms with van der Waals surface area (Å²) in [6.45, 7) is 7.95. The van der Waals surface area contributed by atoms with Gasteiger partial charge in [0.15, 0.2) is 0 Å². The number of sulfonamides is 1. The van der Waals surface area contributed by atoms with Crippen LogP contribution in [0.1, 0.15) is 40.5 Å². The summed E-state index contributed by atoms with van der Waals surface area (Å²) in [5.41, 5.74) is 0. The van der Waals surface area contributed by atoms with E-state index in [2.05, 4.69) is 18.6 Å². The third-order valence-corrected chi connectivity index (χ3v) is 3.39. The minimum Gasteiger partial charge on any atom is -0.212 e. The Bertz CT molecular complexity index is 222. The zero-order chi connectivity index (χ0) is 10.5. The first-order valence-electron chi connectivity index (χ1n) is 4.87. The lowest BCUT2D eigenvalue weighted by atomic mass is 10.1.